The third-order valence-electron chi connectivity index (χ3n) is 5.38. The monoisotopic (exact) mass is 348 g/mol. The third-order valence-corrected chi connectivity index (χ3v) is 5.38. The lowest BCUT2D eigenvalue weighted by atomic mass is 9.72. The molecule has 138 valence electrons. The highest BCUT2D eigenvalue weighted by molar-refractivity contribution is 5.77. The van der Waals surface area contributed by atoms with Gasteiger partial charge < -0.3 is 24.4 Å². The number of carbonyl (C=O) groups is 1. The van der Waals surface area contributed by atoms with E-state index in [0.717, 1.165) is 45.4 Å². The highest BCUT2D eigenvalue weighted by Gasteiger charge is 2.41. The van der Waals surface area contributed by atoms with Crippen LogP contribution in [0.5, 0.6) is 11.5 Å². The normalized spacial score (nSPS) is 23.5. The molecule has 1 aromatic rings. The average Bonchev–Trinajstić information content (AvgIpc) is 2.59. The van der Waals surface area contributed by atoms with Crippen molar-refractivity contribution in [2.45, 2.75) is 25.4 Å². The van der Waals surface area contributed by atoms with Crippen LogP contribution in [0.4, 0.5) is 0 Å². The summed E-state index contributed by atoms with van der Waals surface area (Å²) in [6.45, 7) is 3.27. The van der Waals surface area contributed by atoms with Gasteiger partial charge in [0.15, 0.2) is 6.61 Å². The molecule has 2 aliphatic heterocycles. The molecule has 0 bridgehead atoms. The molecule has 1 aromatic carbocycles. The fourth-order valence-corrected chi connectivity index (χ4v) is 4.15. The van der Waals surface area contributed by atoms with Gasteiger partial charge in [0.1, 0.15) is 11.5 Å². The minimum absolute atomic E-state index is 0.0161. The van der Waals surface area contributed by atoms with Crippen LogP contribution in [0.1, 0.15) is 19.3 Å². The standard InChI is InChI=1S/C19H28N2O4/c1-20-12-15(22)11-19(14-20)6-8-21(9-7-19)18(23)13-25-17-5-3-4-16(10-17)24-2/h3-5,10,15,22H,6-9,11-14H2,1-2H3. The number of ether oxygens (including phenoxy) is 2. The van der Waals surface area contributed by atoms with Crippen molar-refractivity contribution in [2.24, 2.45) is 5.41 Å². The van der Waals surface area contributed by atoms with Gasteiger partial charge in [-0.2, -0.15) is 0 Å². The van der Waals surface area contributed by atoms with Crippen LogP contribution in [0, 0.1) is 5.41 Å². The Kier molecular flexibility index (Phi) is 5.49. The molecule has 1 spiro atoms. The van der Waals surface area contributed by atoms with Crippen LogP contribution in [0.2, 0.25) is 0 Å². The molecule has 1 N–H and O–H groups in total. The molecule has 25 heavy (non-hydrogen) atoms. The topological polar surface area (TPSA) is 62.2 Å². The zero-order valence-corrected chi connectivity index (χ0v) is 15.1. The lowest BCUT2D eigenvalue weighted by molar-refractivity contribution is -0.137. The van der Waals surface area contributed by atoms with E-state index >= 15 is 0 Å². The maximum Gasteiger partial charge on any atom is 0.260 e. The number of nitrogens with zero attached hydrogens (tertiary/aromatic N) is 2. The number of piperidine rings is 2. The number of amides is 1. The van der Waals surface area contributed by atoms with Gasteiger partial charge in [-0.15, -0.1) is 0 Å². The van der Waals surface area contributed by atoms with Gasteiger partial charge in [0.2, 0.25) is 0 Å². The summed E-state index contributed by atoms with van der Waals surface area (Å²) in [5, 5.41) is 10.1. The number of hydrogen-bond donors (Lipinski definition) is 1. The Morgan fingerprint density at radius 3 is 2.72 bits per heavy atom. The smallest absolute Gasteiger partial charge is 0.260 e. The van der Waals surface area contributed by atoms with E-state index in [9.17, 15) is 9.90 Å². The molecule has 2 saturated heterocycles. The molecule has 0 radical (unpaired) electrons. The quantitative estimate of drug-likeness (QED) is 0.891. The van der Waals surface area contributed by atoms with Gasteiger partial charge in [-0.05, 0) is 43.9 Å². The SMILES string of the molecule is COc1cccc(OCC(=O)N2CCC3(CC2)CC(O)CN(C)C3)c1. The van der Waals surface area contributed by atoms with Gasteiger partial charge in [-0.25, -0.2) is 0 Å². The van der Waals surface area contributed by atoms with Crippen LogP contribution >= 0.6 is 0 Å². The van der Waals surface area contributed by atoms with E-state index < -0.39 is 0 Å². The lowest BCUT2D eigenvalue weighted by Gasteiger charge is -2.48. The summed E-state index contributed by atoms with van der Waals surface area (Å²) >= 11 is 0. The molecule has 0 aromatic heterocycles. The summed E-state index contributed by atoms with van der Waals surface area (Å²) in [4.78, 5) is 16.5. The molecule has 2 aliphatic rings. The van der Waals surface area contributed by atoms with E-state index in [2.05, 4.69) is 11.9 Å². The number of methoxy groups -OCH3 is 1. The van der Waals surface area contributed by atoms with Crippen LogP contribution in [-0.4, -0.2) is 73.9 Å². The number of carbonyl (C=O) groups excluding carboxylic acids is 1. The van der Waals surface area contributed by atoms with E-state index in [4.69, 9.17) is 9.47 Å². The fourth-order valence-electron chi connectivity index (χ4n) is 4.15. The van der Waals surface area contributed by atoms with Crippen LogP contribution < -0.4 is 9.47 Å². The van der Waals surface area contributed by atoms with E-state index in [1.807, 2.05) is 23.1 Å². The molecule has 3 rings (SSSR count). The average molecular weight is 348 g/mol. The van der Waals surface area contributed by atoms with Gasteiger partial charge in [-0.1, -0.05) is 6.07 Å². The second kappa shape index (κ2) is 7.62. The van der Waals surface area contributed by atoms with Crippen molar-refractivity contribution in [1.29, 1.82) is 0 Å². The van der Waals surface area contributed by atoms with E-state index in [1.165, 1.54) is 0 Å². The second-order valence-electron chi connectivity index (χ2n) is 7.40. The third kappa shape index (κ3) is 4.44. The Morgan fingerprint density at radius 2 is 2.04 bits per heavy atom. The Balaban J connectivity index is 1.50. The number of aliphatic hydroxyl groups is 1. The molecule has 6 nitrogen and oxygen atoms in total. The van der Waals surface area contributed by atoms with Crippen molar-refractivity contribution < 1.29 is 19.4 Å². The van der Waals surface area contributed by atoms with E-state index in [-0.39, 0.29) is 24.0 Å². The molecule has 1 amide bonds. The molecular weight excluding hydrogens is 320 g/mol. The largest absolute Gasteiger partial charge is 0.497 e. The number of hydrogen-bond acceptors (Lipinski definition) is 5. The predicted molar refractivity (Wildman–Crippen MR) is 94.9 cm³/mol. The predicted octanol–water partition coefficient (Wildman–Crippen LogP) is 1.38. The summed E-state index contributed by atoms with van der Waals surface area (Å²) in [6, 6.07) is 7.28. The lowest BCUT2D eigenvalue weighted by Crippen LogP contribution is -2.53. The van der Waals surface area contributed by atoms with Crippen LogP contribution in [0.3, 0.4) is 0 Å². The molecule has 0 saturated carbocycles. The Hall–Kier alpha value is -1.79. The Morgan fingerprint density at radius 1 is 1.32 bits per heavy atom. The zero-order valence-electron chi connectivity index (χ0n) is 15.1. The highest BCUT2D eigenvalue weighted by Crippen LogP contribution is 2.39. The van der Waals surface area contributed by atoms with Gasteiger partial charge >= 0.3 is 0 Å². The first-order chi connectivity index (χ1) is 12.0. The Labute approximate surface area is 149 Å². The van der Waals surface area contributed by atoms with Gasteiger partial charge in [-0.3, -0.25) is 4.79 Å². The first-order valence-corrected chi connectivity index (χ1v) is 8.91. The summed E-state index contributed by atoms with van der Waals surface area (Å²) in [5.41, 5.74) is 0.150. The van der Waals surface area contributed by atoms with Crippen molar-refractivity contribution in [2.75, 3.05) is 46.9 Å². The number of β-amino-alcohol motifs (C(OH)–C–C–N with tert-alkyl or cyclic N) is 1. The van der Waals surface area contributed by atoms with Crippen molar-refractivity contribution in [3.8, 4) is 11.5 Å². The molecule has 1 atom stereocenters. The van der Waals surface area contributed by atoms with Crippen molar-refractivity contribution in [1.82, 2.24) is 9.80 Å². The molecule has 0 aliphatic carbocycles. The minimum Gasteiger partial charge on any atom is -0.497 e. The van der Waals surface area contributed by atoms with Crippen molar-refractivity contribution >= 4 is 5.91 Å². The summed E-state index contributed by atoms with van der Waals surface area (Å²) in [6.07, 6.45) is 2.48. The first-order valence-electron chi connectivity index (χ1n) is 8.91. The van der Waals surface area contributed by atoms with E-state index in [1.54, 1.807) is 13.2 Å². The molecular formula is C19H28N2O4. The van der Waals surface area contributed by atoms with Gasteiger partial charge in [0.05, 0.1) is 13.2 Å². The van der Waals surface area contributed by atoms with Crippen LogP contribution in [0.25, 0.3) is 0 Å². The maximum absolute atomic E-state index is 12.4. The van der Waals surface area contributed by atoms with Crippen LogP contribution in [0.15, 0.2) is 24.3 Å². The summed E-state index contributed by atoms with van der Waals surface area (Å²) in [5.74, 6) is 1.37. The molecule has 2 heterocycles. The van der Waals surface area contributed by atoms with Gasteiger partial charge in [0.25, 0.3) is 5.91 Å². The maximum atomic E-state index is 12.4. The number of likely N-dealkylation sites (tertiary alicyclic amines) is 2. The van der Waals surface area contributed by atoms with Gasteiger partial charge in [0, 0.05) is 32.2 Å². The van der Waals surface area contributed by atoms with Crippen molar-refractivity contribution in [3.05, 3.63) is 24.3 Å². The van der Waals surface area contributed by atoms with Crippen molar-refractivity contribution in [3.63, 3.8) is 0 Å². The Bertz CT molecular complexity index is 587. The first kappa shape index (κ1) is 18.0. The summed E-state index contributed by atoms with van der Waals surface area (Å²) in [7, 11) is 3.66. The van der Waals surface area contributed by atoms with Crippen LogP contribution in [-0.2, 0) is 4.79 Å². The minimum atomic E-state index is -0.252. The zero-order chi connectivity index (χ0) is 17.9. The number of benzene rings is 1. The number of likely N-dealkylation sites (N-methyl/N-ethyl adjacent to an activating group) is 1. The second-order valence-corrected chi connectivity index (χ2v) is 7.40. The number of aliphatic hydroxyl groups excluding tert-OH is 1. The van der Waals surface area contributed by atoms with E-state index in [0.29, 0.717) is 11.5 Å². The highest BCUT2D eigenvalue weighted by atomic mass is 16.5. The fraction of sp³-hybridized carbons (Fsp3) is 0.632. The summed E-state index contributed by atoms with van der Waals surface area (Å²) < 4.78 is 10.8. The number of rotatable bonds is 4. The molecule has 1 unspecified atom stereocenters. The molecule has 6 heteroatoms. The molecule has 2 fully saturated rings.